The summed E-state index contributed by atoms with van der Waals surface area (Å²) in [5, 5.41) is 0. The maximum atomic E-state index is 13.0. The Labute approximate surface area is 126 Å². The first kappa shape index (κ1) is 13.8. The normalized spacial score (nSPS) is 18.1. The predicted octanol–water partition coefficient (Wildman–Crippen LogP) is 3.68. The van der Waals surface area contributed by atoms with Crippen LogP contribution in [0, 0.1) is 5.82 Å². The van der Waals surface area contributed by atoms with E-state index >= 15 is 0 Å². The summed E-state index contributed by atoms with van der Waals surface area (Å²) in [4.78, 5) is 7.02. The Kier molecular flexibility index (Phi) is 3.21. The van der Waals surface area contributed by atoms with E-state index in [1.54, 1.807) is 12.1 Å². The molecule has 5 heteroatoms. The molecule has 0 saturated carbocycles. The van der Waals surface area contributed by atoms with Gasteiger partial charge >= 0.3 is 0 Å². The molecule has 0 fully saturated rings. The molecule has 20 heavy (non-hydrogen) atoms. The van der Waals surface area contributed by atoms with Crippen molar-refractivity contribution in [3.63, 3.8) is 0 Å². The van der Waals surface area contributed by atoms with Gasteiger partial charge in [-0.2, -0.15) is 0 Å². The third-order valence-corrected chi connectivity index (χ3v) is 4.86. The van der Waals surface area contributed by atoms with Gasteiger partial charge < -0.3 is 4.57 Å². The minimum Gasteiger partial charge on any atom is -0.319 e. The second kappa shape index (κ2) is 4.67. The predicted molar refractivity (Wildman–Crippen MR) is 80.9 cm³/mol. The summed E-state index contributed by atoms with van der Waals surface area (Å²) < 4.78 is 16.2. The van der Waals surface area contributed by atoms with Crippen molar-refractivity contribution in [2.75, 3.05) is 7.05 Å². The van der Waals surface area contributed by atoms with Crippen molar-refractivity contribution in [1.82, 2.24) is 14.5 Å². The molecular formula is C15H17BrFN3. The molecule has 0 bridgehead atoms. The lowest BCUT2D eigenvalue weighted by Crippen LogP contribution is -2.48. The average Bonchev–Trinajstić information content (AvgIpc) is 2.68. The summed E-state index contributed by atoms with van der Waals surface area (Å²) >= 11 is 3.65. The van der Waals surface area contributed by atoms with Crippen molar-refractivity contribution in [3.05, 3.63) is 40.5 Å². The Morgan fingerprint density at radius 3 is 2.55 bits per heavy atom. The second-order valence-electron chi connectivity index (χ2n) is 5.93. The molecule has 1 aromatic carbocycles. The van der Waals surface area contributed by atoms with Crippen molar-refractivity contribution in [1.29, 1.82) is 0 Å². The number of hydrogen-bond donors (Lipinski definition) is 0. The Morgan fingerprint density at radius 2 is 1.90 bits per heavy atom. The highest BCUT2D eigenvalue weighted by molar-refractivity contribution is 9.10. The first-order valence-electron chi connectivity index (χ1n) is 6.60. The van der Waals surface area contributed by atoms with Crippen LogP contribution in [0.3, 0.4) is 0 Å². The SMILES string of the molecule is CN1Cc2nc(-c3ccc(F)cc3)c(Br)n2CC1(C)C. The first-order chi connectivity index (χ1) is 9.38. The summed E-state index contributed by atoms with van der Waals surface area (Å²) in [7, 11) is 2.11. The van der Waals surface area contributed by atoms with E-state index in [0.29, 0.717) is 0 Å². The van der Waals surface area contributed by atoms with Gasteiger partial charge in [-0.25, -0.2) is 9.37 Å². The van der Waals surface area contributed by atoms with Crippen molar-refractivity contribution in [3.8, 4) is 11.3 Å². The van der Waals surface area contributed by atoms with Crippen LogP contribution in [-0.2, 0) is 13.1 Å². The van der Waals surface area contributed by atoms with E-state index in [0.717, 1.165) is 34.8 Å². The van der Waals surface area contributed by atoms with E-state index in [9.17, 15) is 4.39 Å². The smallest absolute Gasteiger partial charge is 0.124 e. The topological polar surface area (TPSA) is 21.1 Å². The number of nitrogens with zero attached hydrogens (tertiary/aromatic N) is 3. The van der Waals surface area contributed by atoms with Crippen LogP contribution in [0.25, 0.3) is 11.3 Å². The lowest BCUT2D eigenvalue weighted by Gasteiger charge is -2.40. The van der Waals surface area contributed by atoms with Gasteiger partial charge in [-0.05, 0) is 61.1 Å². The number of fused-ring (bicyclic) bond motifs is 1. The molecule has 3 nitrogen and oxygen atoms in total. The van der Waals surface area contributed by atoms with E-state index in [1.807, 2.05) is 0 Å². The summed E-state index contributed by atoms with van der Waals surface area (Å²) in [6.07, 6.45) is 0. The largest absolute Gasteiger partial charge is 0.319 e. The van der Waals surface area contributed by atoms with Crippen LogP contribution in [0.5, 0.6) is 0 Å². The lowest BCUT2D eigenvalue weighted by atomic mass is 10.0. The zero-order valence-corrected chi connectivity index (χ0v) is 13.4. The van der Waals surface area contributed by atoms with Crippen LogP contribution >= 0.6 is 15.9 Å². The zero-order chi connectivity index (χ0) is 14.5. The van der Waals surface area contributed by atoms with Crippen LogP contribution in [0.2, 0.25) is 0 Å². The van der Waals surface area contributed by atoms with Gasteiger partial charge in [0.05, 0.1) is 6.54 Å². The van der Waals surface area contributed by atoms with Crippen molar-refractivity contribution in [2.45, 2.75) is 32.5 Å². The number of benzene rings is 1. The van der Waals surface area contributed by atoms with Crippen LogP contribution in [-0.4, -0.2) is 27.0 Å². The molecule has 2 aromatic rings. The number of likely N-dealkylation sites (N-methyl/N-ethyl adjacent to an activating group) is 1. The molecule has 1 aliphatic rings. The standard InChI is InChI=1S/C15H17BrFN3/c1-15(2)9-20-12(8-19(15)3)18-13(14(20)16)10-4-6-11(17)7-5-10/h4-7H,8-9H2,1-3H3. The fraction of sp³-hybridized carbons (Fsp3) is 0.400. The molecule has 0 atom stereocenters. The maximum absolute atomic E-state index is 13.0. The van der Waals surface area contributed by atoms with Gasteiger partial charge in [-0.3, -0.25) is 4.90 Å². The highest BCUT2D eigenvalue weighted by atomic mass is 79.9. The van der Waals surface area contributed by atoms with Gasteiger partial charge in [0, 0.05) is 17.6 Å². The fourth-order valence-corrected chi connectivity index (χ4v) is 3.13. The lowest BCUT2D eigenvalue weighted by molar-refractivity contribution is 0.0948. The molecule has 0 unspecified atom stereocenters. The average molecular weight is 338 g/mol. The van der Waals surface area contributed by atoms with Crippen molar-refractivity contribution < 1.29 is 4.39 Å². The Hall–Kier alpha value is -1.20. The van der Waals surface area contributed by atoms with E-state index in [2.05, 4.69) is 46.3 Å². The molecule has 2 heterocycles. The molecule has 0 N–H and O–H groups in total. The minimum atomic E-state index is -0.227. The first-order valence-corrected chi connectivity index (χ1v) is 7.40. The highest BCUT2D eigenvalue weighted by Crippen LogP contribution is 2.34. The molecule has 0 aliphatic carbocycles. The molecule has 0 saturated heterocycles. The molecule has 106 valence electrons. The van der Waals surface area contributed by atoms with Gasteiger partial charge in [0.25, 0.3) is 0 Å². The summed E-state index contributed by atoms with van der Waals surface area (Å²) in [6.45, 7) is 6.14. The third kappa shape index (κ3) is 2.19. The van der Waals surface area contributed by atoms with Gasteiger partial charge in [0.15, 0.2) is 0 Å². The number of halogens is 2. The molecule has 0 spiro atoms. The minimum absolute atomic E-state index is 0.0935. The van der Waals surface area contributed by atoms with Crippen LogP contribution in [0.15, 0.2) is 28.9 Å². The van der Waals surface area contributed by atoms with E-state index in [1.165, 1.54) is 12.1 Å². The Balaban J connectivity index is 2.07. The maximum Gasteiger partial charge on any atom is 0.124 e. The second-order valence-corrected chi connectivity index (χ2v) is 6.68. The van der Waals surface area contributed by atoms with Gasteiger partial charge in [-0.15, -0.1) is 0 Å². The van der Waals surface area contributed by atoms with E-state index in [4.69, 9.17) is 4.98 Å². The quantitative estimate of drug-likeness (QED) is 0.791. The Morgan fingerprint density at radius 1 is 1.25 bits per heavy atom. The monoisotopic (exact) mass is 337 g/mol. The summed E-state index contributed by atoms with van der Waals surface area (Å²) in [6, 6.07) is 6.47. The van der Waals surface area contributed by atoms with Gasteiger partial charge in [0.2, 0.25) is 0 Å². The molecular weight excluding hydrogens is 321 g/mol. The van der Waals surface area contributed by atoms with Crippen LogP contribution < -0.4 is 0 Å². The fourth-order valence-electron chi connectivity index (χ4n) is 2.48. The number of hydrogen-bond acceptors (Lipinski definition) is 2. The van der Waals surface area contributed by atoms with Crippen LogP contribution in [0.1, 0.15) is 19.7 Å². The van der Waals surface area contributed by atoms with E-state index in [-0.39, 0.29) is 11.4 Å². The van der Waals surface area contributed by atoms with Gasteiger partial charge in [0.1, 0.15) is 21.9 Å². The van der Waals surface area contributed by atoms with Crippen molar-refractivity contribution in [2.24, 2.45) is 0 Å². The summed E-state index contributed by atoms with van der Waals surface area (Å²) in [5.41, 5.74) is 1.91. The number of imidazole rings is 1. The molecule has 1 aliphatic heterocycles. The van der Waals surface area contributed by atoms with E-state index < -0.39 is 0 Å². The molecule has 1 aromatic heterocycles. The number of rotatable bonds is 1. The van der Waals surface area contributed by atoms with Crippen LogP contribution in [0.4, 0.5) is 4.39 Å². The van der Waals surface area contributed by atoms with Crippen molar-refractivity contribution >= 4 is 15.9 Å². The summed E-state index contributed by atoms with van der Waals surface area (Å²) in [5.74, 6) is 0.813. The molecule has 0 amide bonds. The molecule has 3 rings (SSSR count). The zero-order valence-electron chi connectivity index (χ0n) is 11.8. The number of aromatic nitrogens is 2. The Bertz CT molecular complexity index is 646. The van der Waals surface area contributed by atoms with Gasteiger partial charge in [-0.1, -0.05) is 0 Å². The highest BCUT2D eigenvalue weighted by Gasteiger charge is 2.33. The third-order valence-electron chi connectivity index (χ3n) is 4.06. The molecule has 0 radical (unpaired) electrons.